The molecule has 12 aromatic rings. The van der Waals surface area contributed by atoms with Crippen LogP contribution in [0.4, 0.5) is 40.8 Å². The van der Waals surface area contributed by atoms with Crippen LogP contribution in [0.15, 0.2) is 117 Å². The van der Waals surface area contributed by atoms with Gasteiger partial charge in [-0.15, -0.1) is 0 Å². The Bertz CT molecular complexity index is 5430. The van der Waals surface area contributed by atoms with Gasteiger partial charge in [0.1, 0.15) is 63.7 Å². The van der Waals surface area contributed by atoms with Gasteiger partial charge in [0, 0.05) is 160 Å². The maximum absolute atomic E-state index is 14.6. The van der Waals surface area contributed by atoms with Gasteiger partial charge in [-0.3, -0.25) is 19.2 Å². The molecule has 12 aromatic heterocycles. The zero-order chi connectivity index (χ0) is 77.8. The molecule has 0 aromatic carbocycles. The molecule has 28 nitrogen and oxygen atoms in total. The number of carbonyl (C=O) groups excluding carboxylic acids is 4. The van der Waals surface area contributed by atoms with Crippen molar-refractivity contribution >= 4 is 137 Å². The summed E-state index contributed by atoms with van der Waals surface area (Å²) in [5.41, 5.74) is 4.56. The zero-order valence-corrected chi connectivity index (χ0v) is 63.4. The lowest BCUT2D eigenvalue weighted by Gasteiger charge is -2.26. The number of H-pyrrole nitrogens is 4. The average Bonchev–Trinajstić information content (AvgIpc) is 1.61. The van der Waals surface area contributed by atoms with Gasteiger partial charge in [0.25, 0.3) is 0 Å². The van der Waals surface area contributed by atoms with Gasteiger partial charge in [0.05, 0.1) is 32.7 Å². The Morgan fingerprint density at radius 2 is 0.946 bits per heavy atom. The van der Waals surface area contributed by atoms with Crippen molar-refractivity contribution in [3.05, 3.63) is 143 Å². The molecule has 10 N–H and O–H groups in total. The number of fused-ring (bicyclic) bond motifs is 4. The Labute approximate surface area is 662 Å². The SMILES string of the molecule is CC(C)(Nc1ccnc(-c2c[nH]c3ncc(Cl)cc23)n1)C(=O)NCCC(F)(F)F.CC(C)[C@@H](Nc1ccnc(-c2c[nH]c3ncc(Cl)cc23)n1)C(=O)NC1CC1.O=C(NC1CC1)[C@H]1CCCN1c1ccnc(-c2c[nH]c3ncc(Cl)cc23)n1.O=C(NC1CC1)[C@H]1CCCN1c1nc(-c2c[nH]c3ncc(Cl)cc23)ncc1F.[HH].[HH].[HH].[HH].[HH].[HH].[HH]. The van der Waals surface area contributed by atoms with Gasteiger partial charge in [0.15, 0.2) is 34.9 Å². The molecule has 2 aliphatic heterocycles. The molecule has 0 radical (unpaired) electrons. The highest BCUT2D eigenvalue weighted by Gasteiger charge is 2.39. The topological polar surface area (TPSA) is 365 Å². The Hall–Kier alpha value is -11.0. The third-order valence-electron chi connectivity index (χ3n) is 19.0. The van der Waals surface area contributed by atoms with E-state index in [1.54, 1.807) is 86.4 Å². The van der Waals surface area contributed by atoms with Crippen LogP contribution in [0.3, 0.4) is 0 Å². The fourth-order valence-corrected chi connectivity index (χ4v) is 13.5. The van der Waals surface area contributed by atoms with Crippen molar-refractivity contribution in [1.29, 1.82) is 0 Å². The molecule has 36 heteroatoms. The van der Waals surface area contributed by atoms with E-state index in [2.05, 4.69) is 112 Å². The van der Waals surface area contributed by atoms with Crippen LogP contribution < -0.4 is 41.7 Å². The second-order valence-electron chi connectivity index (χ2n) is 28.4. The van der Waals surface area contributed by atoms with E-state index >= 15 is 0 Å². The molecule has 5 fully saturated rings. The Morgan fingerprint density at radius 3 is 1.41 bits per heavy atom. The predicted octanol–water partition coefficient (Wildman–Crippen LogP) is 15.0. The Morgan fingerprint density at radius 1 is 0.532 bits per heavy atom. The van der Waals surface area contributed by atoms with E-state index in [9.17, 15) is 36.7 Å². The first-order valence-electron chi connectivity index (χ1n) is 36.2. The molecule has 2 saturated heterocycles. The lowest BCUT2D eigenvalue weighted by Crippen LogP contribution is -2.48. The number of pyridine rings is 4. The van der Waals surface area contributed by atoms with Crippen molar-refractivity contribution in [2.24, 2.45) is 5.92 Å². The van der Waals surface area contributed by atoms with E-state index in [1.807, 2.05) is 44.4 Å². The second-order valence-corrected chi connectivity index (χ2v) is 30.2. The summed E-state index contributed by atoms with van der Waals surface area (Å²) in [6.07, 6.45) is 23.7. The molecule has 3 saturated carbocycles. The summed E-state index contributed by atoms with van der Waals surface area (Å²) >= 11 is 24.3. The number of anilines is 4. The van der Waals surface area contributed by atoms with Crippen LogP contribution in [0.5, 0.6) is 0 Å². The van der Waals surface area contributed by atoms with Crippen molar-refractivity contribution in [1.82, 2.24) is 101 Å². The van der Waals surface area contributed by atoms with E-state index in [0.29, 0.717) is 102 Å². The molecule has 0 spiro atoms. The van der Waals surface area contributed by atoms with Crippen molar-refractivity contribution in [3.63, 3.8) is 0 Å². The van der Waals surface area contributed by atoms with Crippen LogP contribution in [0.25, 0.3) is 89.7 Å². The molecule has 590 valence electrons. The average molecular weight is 1610 g/mol. The summed E-state index contributed by atoms with van der Waals surface area (Å²) in [6, 6.07) is 12.4. The fourth-order valence-electron chi connectivity index (χ4n) is 12.9. The van der Waals surface area contributed by atoms with E-state index in [1.165, 1.54) is 12.4 Å². The number of carbonyl (C=O) groups is 4. The number of nitrogens with one attached hydrogen (secondary N) is 10. The third kappa shape index (κ3) is 18.7. The van der Waals surface area contributed by atoms with E-state index in [-0.39, 0.29) is 57.6 Å². The Kier molecular flexibility index (Phi) is 22.8. The van der Waals surface area contributed by atoms with Gasteiger partial charge in [-0.2, -0.15) is 13.2 Å². The van der Waals surface area contributed by atoms with Gasteiger partial charge in [0.2, 0.25) is 23.6 Å². The maximum Gasteiger partial charge on any atom is 0.390 e. The quantitative estimate of drug-likeness (QED) is 0.0317. The van der Waals surface area contributed by atoms with E-state index in [4.69, 9.17) is 51.4 Å². The molecule has 3 aliphatic carbocycles. The number of hydrogen-bond donors (Lipinski definition) is 10. The summed E-state index contributed by atoms with van der Waals surface area (Å²) in [4.78, 5) is 118. The third-order valence-corrected chi connectivity index (χ3v) is 19.9. The van der Waals surface area contributed by atoms with Crippen LogP contribution in [-0.4, -0.2) is 171 Å². The van der Waals surface area contributed by atoms with Crippen LogP contribution in [0.2, 0.25) is 20.1 Å². The number of rotatable bonds is 20. The van der Waals surface area contributed by atoms with Crippen molar-refractivity contribution in [2.75, 3.05) is 40.1 Å². The number of nitrogens with zero attached hydrogens (tertiary/aromatic N) is 14. The number of amides is 4. The van der Waals surface area contributed by atoms with Crippen molar-refractivity contribution in [2.45, 2.75) is 146 Å². The second kappa shape index (κ2) is 32.9. The highest BCUT2D eigenvalue weighted by molar-refractivity contribution is 6.32. The first-order chi connectivity index (χ1) is 53.3. The number of aromatic nitrogens is 16. The van der Waals surface area contributed by atoms with Gasteiger partial charge in [-0.1, -0.05) is 60.3 Å². The maximum atomic E-state index is 14.6. The number of halogens is 8. The smallest absolute Gasteiger partial charge is 0.358 e. The van der Waals surface area contributed by atoms with Crippen LogP contribution >= 0.6 is 46.4 Å². The largest absolute Gasteiger partial charge is 0.390 e. The van der Waals surface area contributed by atoms with Crippen LogP contribution in [0.1, 0.15) is 108 Å². The minimum absolute atomic E-state index is 0. The van der Waals surface area contributed by atoms with E-state index < -0.39 is 42.4 Å². The molecular formula is C75H90Cl4F4N24O4. The zero-order valence-electron chi connectivity index (χ0n) is 60.3. The number of aromatic amines is 4. The summed E-state index contributed by atoms with van der Waals surface area (Å²) in [7, 11) is 0. The van der Waals surface area contributed by atoms with Crippen LogP contribution in [0, 0.1) is 11.7 Å². The number of alkyl halides is 3. The van der Waals surface area contributed by atoms with Gasteiger partial charge < -0.3 is 61.6 Å². The number of hydrogen-bond acceptors (Lipinski definition) is 20. The van der Waals surface area contributed by atoms with E-state index in [0.717, 1.165) is 120 Å². The summed E-state index contributed by atoms with van der Waals surface area (Å²) < 4.78 is 51.4. The van der Waals surface area contributed by atoms with Gasteiger partial charge in [-0.05, 0) is 126 Å². The molecule has 0 bridgehead atoms. The molecule has 3 atom stereocenters. The van der Waals surface area contributed by atoms with Gasteiger partial charge in [-0.25, -0.2) is 64.2 Å². The highest BCUT2D eigenvalue weighted by atomic mass is 35.5. The molecule has 4 amide bonds. The van der Waals surface area contributed by atoms with Crippen LogP contribution in [-0.2, 0) is 19.2 Å². The molecule has 14 heterocycles. The Balaban J connectivity index is 0.000000213. The predicted molar refractivity (Wildman–Crippen MR) is 431 cm³/mol. The molecular weight excluding hydrogens is 1520 g/mol. The lowest BCUT2D eigenvalue weighted by atomic mass is 10.0. The first-order valence-corrected chi connectivity index (χ1v) is 37.7. The summed E-state index contributed by atoms with van der Waals surface area (Å²) in [5, 5.41) is 23.0. The minimum atomic E-state index is -4.33. The summed E-state index contributed by atoms with van der Waals surface area (Å²) in [5.74, 6) is 2.82. The molecule has 17 rings (SSSR count). The molecule has 0 unspecified atom stereocenters. The normalized spacial score (nSPS) is 16.5. The fraction of sp³-hybridized carbons (Fsp3) is 0.360. The highest BCUT2D eigenvalue weighted by Crippen LogP contribution is 2.36. The minimum Gasteiger partial charge on any atom is -0.358 e. The molecule has 111 heavy (non-hydrogen) atoms. The monoisotopic (exact) mass is 1610 g/mol. The van der Waals surface area contributed by atoms with Gasteiger partial charge >= 0.3 is 6.18 Å². The molecule has 5 aliphatic rings. The lowest BCUT2D eigenvalue weighted by molar-refractivity contribution is -0.136. The van der Waals surface area contributed by atoms with Crippen molar-refractivity contribution < 1.29 is 46.7 Å². The van der Waals surface area contributed by atoms with Crippen molar-refractivity contribution in [3.8, 4) is 45.6 Å². The summed E-state index contributed by atoms with van der Waals surface area (Å²) in [6.45, 7) is 8.03. The first kappa shape index (κ1) is 76.8. The standard InChI is InChI=1S/C19H18ClFN6O.C19H19ClN6O.C19H21ClN6O.C18H18ClF3N6O.7H2/c20-10-6-12-13(8-23-16(12)22-7-10)17-24-9-14(21)18(26-17)27-5-1-2-15(27)19(28)25-11-3-4-11;20-11-8-13-14(10-23-17(13)22-9-11)18-21-6-5-16(25-18)26-7-1-2-15(26)19(27)24-12-3-4-12;1-10(2)16(19(27)24-12-3-4-12)25-15-5-6-21-18(26-15)14-9-23-17-13(14)7-11(20)8-22-17;1-17(2,16(29)24-6-4-18(20,21)22)28-13-3-5-23-15(27-13)12-9-26-14-11(12)7-10(19)8-25-14;;;;;;;/h6-9,11,15H,1-5H2,(H,22,23)(H,25,28);5-6,8-10,12,15H,1-4,7H2,(H,22,23)(H,24,27);5-10,12,16H,3-4H2,1-2H3,(H,22,23)(H,24,27)(H,21,25,26);3,5,7-9H,4,6H2,1-2H3,(H,24,29)(H,25,26)(H,23,27,28);7*1H/t2*15-;16-;;;;;;;;/m111......../s1.